The molecular formula is C24H23N5O3. The summed E-state index contributed by atoms with van der Waals surface area (Å²) < 4.78 is 7.71. The number of anilines is 1. The van der Waals surface area contributed by atoms with E-state index in [2.05, 4.69) is 15.4 Å². The second-order valence-corrected chi connectivity index (χ2v) is 8.70. The smallest absolute Gasteiger partial charge is 0.270 e. The van der Waals surface area contributed by atoms with E-state index in [1.165, 1.54) is 0 Å². The Morgan fingerprint density at radius 3 is 2.81 bits per heavy atom. The van der Waals surface area contributed by atoms with E-state index in [1.807, 2.05) is 41.1 Å². The summed E-state index contributed by atoms with van der Waals surface area (Å²) in [5.41, 5.74) is 4.09. The lowest BCUT2D eigenvalue weighted by Gasteiger charge is -2.20. The van der Waals surface area contributed by atoms with Crippen LogP contribution in [0.2, 0.25) is 0 Å². The molecule has 1 aliphatic carbocycles. The van der Waals surface area contributed by atoms with Crippen LogP contribution in [0.25, 0.3) is 11.3 Å². The molecule has 4 heterocycles. The monoisotopic (exact) mass is 429 g/mol. The number of nitrogens with one attached hydrogen (secondary N) is 1. The van der Waals surface area contributed by atoms with Gasteiger partial charge in [0.1, 0.15) is 17.6 Å². The van der Waals surface area contributed by atoms with E-state index < -0.39 is 6.04 Å². The molecule has 0 radical (unpaired) electrons. The van der Waals surface area contributed by atoms with Crippen molar-refractivity contribution in [2.75, 3.05) is 11.9 Å². The maximum Gasteiger partial charge on any atom is 0.270 e. The van der Waals surface area contributed by atoms with E-state index >= 15 is 0 Å². The zero-order valence-corrected chi connectivity index (χ0v) is 17.7. The minimum atomic E-state index is -0.643. The number of carbonyl (C=O) groups excluding carboxylic acids is 2. The molecule has 3 aromatic rings. The number of pyridine rings is 1. The Morgan fingerprint density at radius 2 is 2.03 bits per heavy atom. The van der Waals surface area contributed by atoms with Crippen LogP contribution in [0.15, 0.2) is 48.7 Å². The first-order valence-corrected chi connectivity index (χ1v) is 10.9. The molecule has 162 valence electrons. The number of benzene rings is 1. The molecule has 6 rings (SSSR count). The summed E-state index contributed by atoms with van der Waals surface area (Å²) in [6.45, 7) is 1.03. The molecule has 8 heteroatoms. The molecule has 1 unspecified atom stereocenters. The predicted molar refractivity (Wildman–Crippen MR) is 117 cm³/mol. The molecule has 2 aliphatic heterocycles. The van der Waals surface area contributed by atoms with Crippen LogP contribution in [-0.2, 0) is 28.3 Å². The summed E-state index contributed by atoms with van der Waals surface area (Å²) in [7, 11) is 1.72. The van der Waals surface area contributed by atoms with Crippen molar-refractivity contribution in [2.24, 2.45) is 0 Å². The number of fused-ring (bicyclic) bond motifs is 3. The maximum absolute atomic E-state index is 13.1. The molecule has 1 aromatic carbocycles. The third kappa shape index (κ3) is 3.02. The Morgan fingerprint density at radius 1 is 1.22 bits per heavy atom. The first-order chi connectivity index (χ1) is 15.5. The van der Waals surface area contributed by atoms with Crippen LogP contribution in [-0.4, -0.2) is 39.7 Å². The topological polar surface area (TPSA) is 89.4 Å². The van der Waals surface area contributed by atoms with Crippen molar-refractivity contribution in [3.8, 4) is 11.3 Å². The SMILES string of the molecule is CN1C(=O)C(NC(=O)c2cc3c(cn2)C2(CC2)OC3)CCn2nc(-c3ccccc3)cc21. The molecule has 1 saturated carbocycles. The summed E-state index contributed by atoms with van der Waals surface area (Å²) in [5.74, 6) is 0.201. The zero-order chi connectivity index (χ0) is 21.9. The fraction of sp³-hybridized carbons (Fsp3) is 0.333. The largest absolute Gasteiger partial charge is 0.366 e. The highest BCUT2D eigenvalue weighted by Crippen LogP contribution is 2.54. The van der Waals surface area contributed by atoms with Gasteiger partial charge in [0.25, 0.3) is 11.8 Å². The molecule has 1 N–H and O–H groups in total. The third-order valence-electron chi connectivity index (χ3n) is 6.66. The van der Waals surface area contributed by atoms with Crippen LogP contribution >= 0.6 is 0 Å². The number of nitrogens with zero attached hydrogens (tertiary/aromatic N) is 4. The van der Waals surface area contributed by atoms with E-state index in [0.717, 1.165) is 35.2 Å². The lowest BCUT2D eigenvalue weighted by molar-refractivity contribution is -0.120. The van der Waals surface area contributed by atoms with Crippen LogP contribution in [0.4, 0.5) is 5.82 Å². The molecule has 1 spiro atoms. The first-order valence-electron chi connectivity index (χ1n) is 10.9. The zero-order valence-electron chi connectivity index (χ0n) is 17.7. The highest BCUT2D eigenvalue weighted by atomic mass is 16.5. The molecule has 2 amide bonds. The third-order valence-corrected chi connectivity index (χ3v) is 6.66. The number of hydrogen-bond donors (Lipinski definition) is 1. The van der Waals surface area contributed by atoms with Gasteiger partial charge in [0.2, 0.25) is 0 Å². The van der Waals surface area contributed by atoms with Gasteiger partial charge in [0.15, 0.2) is 0 Å². The minimum Gasteiger partial charge on any atom is -0.366 e. The summed E-state index contributed by atoms with van der Waals surface area (Å²) >= 11 is 0. The van der Waals surface area contributed by atoms with E-state index in [-0.39, 0.29) is 17.4 Å². The predicted octanol–water partition coefficient (Wildman–Crippen LogP) is 2.63. The number of ether oxygens (including phenoxy) is 1. The van der Waals surface area contributed by atoms with Gasteiger partial charge in [-0.05, 0) is 30.9 Å². The van der Waals surface area contributed by atoms with Crippen molar-refractivity contribution in [3.05, 3.63) is 65.5 Å². The van der Waals surface area contributed by atoms with E-state index in [9.17, 15) is 9.59 Å². The normalized spacial score (nSPS) is 20.6. The van der Waals surface area contributed by atoms with Gasteiger partial charge in [-0.1, -0.05) is 30.3 Å². The van der Waals surface area contributed by atoms with E-state index in [0.29, 0.717) is 31.1 Å². The summed E-state index contributed by atoms with van der Waals surface area (Å²) in [4.78, 5) is 32.0. The number of aromatic nitrogens is 3. The second kappa shape index (κ2) is 7.00. The van der Waals surface area contributed by atoms with Gasteiger partial charge in [-0.25, -0.2) is 4.68 Å². The molecule has 32 heavy (non-hydrogen) atoms. The van der Waals surface area contributed by atoms with Gasteiger partial charge in [-0.2, -0.15) is 5.10 Å². The average molecular weight is 429 g/mol. The van der Waals surface area contributed by atoms with Gasteiger partial charge in [0, 0.05) is 37.0 Å². The molecule has 0 bridgehead atoms. The number of aryl methyl sites for hydroxylation is 1. The molecule has 2 aromatic heterocycles. The molecule has 3 aliphatic rings. The number of amides is 2. The summed E-state index contributed by atoms with van der Waals surface area (Å²) in [6, 6.07) is 12.9. The fourth-order valence-electron chi connectivity index (χ4n) is 4.65. The molecule has 1 fully saturated rings. The molecule has 8 nitrogen and oxygen atoms in total. The molecular weight excluding hydrogens is 406 g/mol. The van der Waals surface area contributed by atoms with Gasteiger partial charge in [-0.15, -0.1) is 0 Å². The van der Waals surface area contributed by atoms with Crippen LogP contribution in [0.3, 0.4) is 0 Å². The Labute approximate surface area is 185 Å². The quantitative estimate of drug-likeness (QED) is 0.691. The van der Waals surface area contributed by atoms with E-state index in [1.54, 1.807) is 24.2 Å². The highest BCUT2D eigenvalue weighted by Gasteiger charge is 2.51. The maximum atomic E-state index is 13.1. The second-order valence-electron chi connectivity index (χ2n) is 8.70. The fourth-order valence-corrected chi connectivity index (χ4v) is 4.65. The van der Waals surface area contributed by atoms with Gasteiger partial charge >= 0.3 is 0 Å². The summed E-state index contributed by atoms with van der Waals surface area (Å²) in [5, 5.41) is 7.56. The van der Waals surface area contributed by atoms with Crippen molar-refractivity contribution in [1.82, 2.24) is 20.1 Å². The van der Waals surface area contributed by atoms with Crippen LogP contribution < -0.4 is 10.2 Å². The Kier molecular flexibility index (Phi) is 4.19. The average Bonchev–Trinajstić information content (AvgIpc) is 3.37. The van der Waals surface area contributed by atoms with Gasteiger partial charge in [-0.3, -0.25) is 19.5 Å². The van der Waals surface area contributed by atoms with Crippen molar-refractivity contribution in [2.45, 2.75) is 44.1 Å². The Bertz CT molecular complexity index is 1230. The van der Waals surface area contributed by atoms with Crippen molar-refractivity contribution in [1.29, 1.82) is 0 Å². The van der Waals surface area contributed by atoms with Crippen LogP contribution in [0, 0.1) is 0 Å². The number of carbonyl (C=O) groups is 2. The number of rotatable bonds is 3. The molecule has 1 atom stereocenters. The molecule has 0 saturated heterocycles. The highest BCUT2D eigenvalue weighted by molar-refractivity contribution is 6.01. The van der Waals surface area contributed by atoms with Crippen molar-refractivity contribution in [3.63, 3.8) is 0 Å². The lowest BCUT2D eigenvalue weighted by atomic mass is 10.1. The summed E-state index contributed by atoms with van der Waals surface area (Å²) in [6.07, 6.45) is 4.23. The lowest BCUT2D eigenvalue weighted by Crippen LogP contribution is -2.47. The van der Waals surface area contributed by atoms with Gasteiger partial charge in [0.05, 0.1) is 17.9 Å². The standard InChI is InChI=1S/C24H23N5O3/c1-28-21-12-19(15-5-3-2-4-6-15)27-29(21)10-7-18(23(28)31)26-22(30)20-11-16-14-32-24(8-9-24)17(16)13-25-20/h2-6,11-13,18H,7-10,14H2,1H3,(H,26,30). The minimum absolute atomic E-state index is 0.156. The van der Waals surface area contributed by atoms with Crippen LogP contribution in [0.5, 0.6) is 0 Å². The van der Waals surface area contributed by atoms with Crippen LogP contribution in [0.1, 0.15) is 40.9 Å². The van der Waals surface area contributed by atoms with Crippen molar-refractivity contribution < 1.29 is 14.3 Å². The Hall–Kier alpha value is -3.52. The number of likely N-dealkylation sites (N-methyl/N-ethyl adjacent to an activating group) is 1. The van der Waals surface area contributed by atoms with Gasteiger partial charge < -0.3 is 10.1 Å². The first kappa shape index (κ1) is 19.2. The number of hydrogen-bond acceptors (Lipinski definition) is 5. The van der Waals surface area contributed by atoms with Crippen molar-refractivity contribution >= 4 is 17.6 Å². The Balaban J connectivity index is 1.20. The van der Waals surface area contributed by atoms with E-state index in [4.69, 9.17) is 4.74 Å².